The van der Waals surface area contributed by atoms with Crippen LogP contribution in [0.1, 0.15) is 23.7 Å². The third-order valence-electron chi connectivity index (χ3n) is 3.19. The van der Waals surface area contributed by atoms with Crippen LogP contribution in [0.5, 0.6) is 0 Å². The van der Waals surface area contributed by atoms with Gasteiger partial charge in [0.15, 0.2) is 0 Å². The number of ether oxygens (including phenoxy) is 1. The van der Waals surface area contributed by atoms with E-state index in [4.69, 9.17) is 4.74 Å². The van der Waals surface area contributed by atoms with Gasteiger partial charge in [0, 0.05) is 12.1 Å². The molecular formula is C16H15NO. The van der Waals surface area contributed by atoms with Crippen LogP contribution < -0.4 is 0 Å². The minimum Gasteiger partial charge on any atom is -0.351 e. The Balaban J connectivity index is 1.82. The van der Waals surface area contributed by atoms with Crippen molar-refractivity contribution in [2.24, 2.45) is 4.99 Å². The highest BCUT2D eigenvalue weighted by Crippen LogP contribution is 2.26. The first-order valence-corrected chi connectivity index (χ1v) is 6.19. The number of hydrogen-bond acceptors (Lipinski definition) is 2. The van der Waals surface area contributed by atoms with Gasteiger partial charge in [-0.25, -0.2) is 0 Å². The predicted octanol–water partition coefficient (Wildman–Crippen LogP) is 3.59. The van der Waals surface area contributed by atoms with Crippen LogP contribution >= 0.6 is 0 Å². The summed E-state index contributed by atoms with van der Waals surface area (Å²) in [5, 5.41) is 0. The van der Waals surface area contributed by atoms with Gasteiger partial charge in [0.25, 0.3) is 0 Å². The first-order chi connectivity index (χ1) is 8.93. The molecule has 0 amide bonds. The van der Waals surface area contributed by atoms with Crippen LogP contribution in [0.3, 0.4) is 0 Å². The van der Waals surface area contributed by atoms with Crippen molar-refractivity contribution < 1.29 is 4.74 Å². The van der Waals surface area contributed by atoms with E-state index in [0.29, 0.717) is 6.73 Å². The molecule has 18 heavy (non-hydrogen) atoms. The Labute approximate surface area is 107 Å². The molecule has 0 aliphatic carbocycles. The van der Waals surface area contributed by atoms with E-state index < -0.39 is 0 Å². The van der Waals surface area contributed by atoms with E-state index >= 15 is 0 Å². The maximum atomic E-state index is 5.73. The molecule has 0 aromatic heterocycles. The fraction of sp³-hybridized carbons (Fsp3) is 0.188. The molecule has 1 aliphatic rings. The van der Waals surface area contributed by atoms with Gasteiger partial charge in [0.1, 0.15) is 6.73 Å². The first-order valence-electron chi connectivity index (χ1n) is 6.19. The maximum absolute atomic E-state index is 5.73. The summed E-state index contributed by atoms with van der Waals surface area (Å²) in [5.74, 6) is 0. The summed E-state index contributed by atoms with van der Waals surface area (Å²) in [6.07, 6.45) is 0.965. The van der Waals surface area contributed by atoms with Gasteiger partial charge in [0.05, 0.1) is 6.10 Å². The molecule has 0 fully saturated rings. The summed E-state index contributed by atoms with van der Waals surface area (Å²) < 4.78 is 5.73. The van der Waals surface area contributed by atoms with Gasteiger partial charge in [-0.2, -0.15) is 0 Å². The second kappa shape index (κ2) is 5.15. The van der Waals surface area contributed by atoms with Crippen LogP contribution in [0.25, 0.3) is 0 Å². The van der Waals surface area contributed by atoms with Gasteiger partial charge >= 0.3 is 0 Å². The minimum atomic E-state index is 0.124. The highest BCUT2D eigenvalue weighted by Gasteiger charge is 2.19. The van der Waals surface area contributed by atoms with E-state index in [2.05, 4.69) is 29.3 Å². The summed E-state index contributed by atoms with van der Waals surface area (Å²) in [6, 6.07) is 20.7. The average Bonchev–Trinajstić information content (AvgIpc) is 2.49. The summed E-state index contributed by atoms with van der Waals surface area (Å²) in [7, 11) is 0. The Morgan fingerprint density at radius 3 is 2.28 bits per heavy atom. The Kier molecular flexibility index (Phi) is 3.20. The zero-order chi connectivity index (χ0) is 12.2. The summed E-state index contributed by atoms with van der Waals surface area (Å²) in [6.45, 7) is 0.448. The summed E-state index contributed by atoms with van der Waals surface area (Å²) in [4.78, 5) is 4.47. The second-order valence-electron chi connectivity index (χ2n) is 4.37. The van der Waals surface area contributed by atoms with Crippen LogP contribution in [0.2, 0.25) is 0 Å². The molecule has 2 aromatic rings. The zero-order valence-corrected chi connectivity index (χ0v) is 10.1. The third-order valence-corrected chi connectivity index (χ3v) is 3.19. The maximum Gasteiger partial charge on any atom is 0.138 e. The molecule has 1 aliphatic heterocycles. The zero-order valence-electron chi connectivity index (χ0n) is 10.1. The van der Waals surface area contributed by atoms with Crippen molar-refractivity contribution >= 4 is 5.71 Å². The number of nitrogens with zero attached hydrogens (tertiary/aromatic N) is 1. The van der Waals surface area contributed by atoms with E-state index in [9.17, 15) is 0 Å². The Morgan fingerprint density at radius 2 is 1.56 bits per heavy atom. The van der Waals surface area contributed by atoms with Gasteiger partial charge in [-0.15, -0.1) is 0 Å². The Hall–Kier alpha value is -1.93. The molecule has 0 saturated heterocycles. The van der Waals surface area contributed by atoms with Crippen LogP contribution in [0, 0.1) is 0 Å². The van der Waals surface area contributed by atoms with Crippen molar-refractivity contribution in [1.29, 1.82) is 0 Å². The Bertz CT molecular complexity index is 534. The van der Waals surface area contributed by atoms with E-state index in [-0.39, 0.29) is 6.10 Å². The van der Waals surface area contributed by atoms with Gasteiger partial charge in [0.2, 0.25) is 0 Å². The highest BCUT2D eigenvalue weighted by molar-refractivity contribution is 6.01. The molecular weight excluding hydrogens is 222 g/mol. The standard InChI is InChI=1S/C16H15NO/c1-3-7-13(8-4-1)15-11-16(18-12-17-15)14-9-5-2-6-10-14/h1-10,16H,11-12H2. The lowest BCUT2D eigenvalue weighted by Gasteiger charge is -2.23. The fourth-order valence-electron chi connectivity index (χ4n) is 2.23. The van der Waals surface area contributed by atoms with Crippen molar-refractivity contribution in [1.82, 2.24) is 0 Å². The molecule has 2 nitrogen and oxygen atoms in total. The van der Waals surface area contributed by atoms with Crippen LogP contribution in [-0.2, 0) is 4.74 Å². The van der Waals surface area contributed by atoms with E-state index in [1.807, 2.05) is 36.4 Å². The smallest absolute Gasteiger partial charge is 0.138 e. The summed E-state index contributed by atoms with van der Waals surface area (Å²) in [5.41, 5.74) is 3.55. The first kappa shape index (κ1) is 11.2. The van der Waals surface area contributed by atoms with Gasteiger partial charge in [-0.05, 0) is 11.1 Å². The third kappa shape index (κ3) is 2.34. The normalized spacial score (nSPS) is 19.3. The second-order valence-corrected chi connectivity index (χ2v) is 4.37. The van der Waals surface area contributed by atoms with Crippen LogP contribution in [0.15, 0.2) is 65.7 Å². The molecule has 1 heterocycles. The largest absolute Gasteiger partial charge is 0.351 e. The summed E-state index contributed by atoms with van der Waals surface area (Å²) >= 11 is 0. The van der Waals surface area contributed by atoms with E-state index in [1.54, 1.807) is 0 Å². The predicted molar refractivity (Wildman–Crippen MR) is 72.7 cm³/mol. The number of hydrogen-bond donors (Lipinski definition) is 0. The Morgan fingerprint density at radius 1 is 0.889 bits per heavy atom. The van der Waals surface area contributed by atoms with Gasteiger partial charge in [-0.3, -0.25) is 4.99 Å². The lowest BCUT2D eigenvalue weighted by molar-refractivity contribution is 0.0546. The molecule has 90 valence electrons. The number of rotatable bonds is 2. The van der Waals surface area contributed by atoms with Crippen molar-refractivity contribution in [3.63, 3.8) is 0 Å². The molecule has 2 aromatic carbocycles. The van der Waals surface area contributed by atoms with E-state index in [0.717, 1.165) is 12.1 Å². The lowest BCUT2D eigenvalue weighted by Crippen LogP contribution is -2.18. The highest BCUT2D eigenvalue weighted by atomic mass is 16.5. The van der Waals surface area contributed by atoms with Crippen molar-refractivity contribution in [2.45, 2.75) is 12.5 Å². The average molecular weight is 237 g/mol. The van der Waals surface area contributed by atoms with Crippen LogP contribution in [-0.4, -0.2) is 12.4 Å². The van der Waals surface area contributed by atoms with Gasteiger partial charge in [-0.1, -0.05) is 60.7 Å². The van der Waals surface area contributed by atoms with Crippen molar-refractivity contribution in [2.75, 3.05) is 6.73 Å². The molecule has 0 spiro atoms. The monoisotopic (exact) mass is 237 g/mol. The van der Waals surface area contributed by atoms with Crippen molar-refractivity contribution in [3.8, 4) is 0 Å². The molecule has 3 rings (SSSR count). The quantitative estimate of drug-likeness (QED) is 0.782. The van der Waals surface area contributed by atoms with E-state index in [1.165, 1.54) is 11.1 Å². The number of benzene rings is 2. The van der Waals surface area contributed by atoms with Gasteiger partial charge < -0.3 is 4.74 Å². The molecule has 1 unspecified atom stereocenters. The topological polar surface area (TPSA) is 21.6 Å². The fourth-order valence-corrected chi connectivity index (χ4v) is 2.23. The molecule has 0 bridgehead atoms. The molecule has 1 atom stereocenters. The molecule has 0 radical (unpaired) electrons. The van der Waals surface area contributed by atoms with Crippen LogP contribution in [0.4, 0.5) is 0 Å². The molecule has 0 N–H and O–H groups in total. The minimum absolute atomic E-state index is 0.124. The number of aliphatic imine (C=N–C) groups is 1. The molecule has 2 heteroatoms. The lowest BCUT2D eigenvalue weighted by atomic mass is 9.98. The molecule has 0 saturated carbocycles. The van der Waals surface area contributed by atoms with Crippen molar-refractivity contribution in [3.05, 3.63) is 71.8 Å². The SMILES string of the molecule is c1ccc(C2=NCOC(c3ccccc3)C2)cc1.